The van der Waals surface area contributed by atoms with E-state index < -0.39 is 23.8 Å². The van der Waals surface area contributed by atoms with Crippen LogP contribution < -0.4 is 5.73 Å². The van der Waals surface area contributed by atoms with E-state index in [0.717, 1.165) is 10.5 Å². The lowest BCUT2D eigenvalue weighted by molar-refractivity contribution is -0.141. The molecular weight excluding hydrogens is 308 g/mol. The fraction of sp³-hybridized carbons (Fsp3) is 0.167. The van der Waals surface area contributed by atoms with Gasteiger partial charge in [0.2, 0.25) is 0 Å². The van der Waals surface area contributed by atoms with E-state index in [0.29, 0.717) is 12.1 Å². The van der Waals surface area contributed by atoms with Crippen LogP contribution in [0.1, 0.15) is 32.7 Å². The smallest absolute Gasteiger partial charge is 0.326 e. The molecule has 0 bridgehead atoms. The number of imide groups is 1. The fourth-order valence-electron chi connectivity index (χ4n) is 2.91. The van der Waals surface area contributed by atoms with E-state index >= 15 is 0 Å². The van der Waals surface area contributed by atoms with Gasteiger partial charge in [0, 0.05) is 5.69 Å². The van der Waals surface area contributed by atoms with Gasteiger partial charge in [-0.2, -0.15) is 0 Å². The van der Waals surface area contributed by atoms with Crippen LogP contribution in [0.5, 0.6) is 0 Å². The number of nitrogens with zero attached hydrogens (tertiary/aromatic N) is 1. The third-order valence-electron chi connectivity index (χ3n) is 4.16. The lowest BCUT2D eigenvalue weighted by Gasteiger charge is -2.22. The molecule has 6 heteroatoms. The number of para-hydroxylation sites is 1. The number of amides is 2. The molecule has 0 saturated heterocycles. The second-order valence-corrected chi connectivity index (χ2v) is 5.62. The van der Waals surface area contributed by atoms with Crippen molar-refractivity contribution in [3.8, 4) is 0 Å². The maximum atomic E-state index is 12.4. The van der Waals surface area contributed by atoms with Crippen LogP contribution >= 0.6 is 0 Å². The SMILES string of the molecule is Nc1ccccc1CCC(C(=O)O)N1C(=O)c2ccccc2C1=O. The van der Waals surface area contributed by atoms with Crippen molar-refractivity contribution in [2.24, 2.45) is 0 Å². The van der Waals surface area contributed by atoms with Crippen LogP contribution in [0.2, 0.25) is 0 Å². The molecule has 2 amide bonds. The summed E-state index contributed by atoms with van der Waals surface area (Å²) in [5.41, 5.74) is 7.70. The Bertz CT molecular complexity index is 796. The first-order valence-electron chi connectivity index (χ1n) is 7.54. The molecule has 1 heterocycles. The molecule has 3 rings (SSSR count). The fourth-order valence-corrected chi connectivity index (χ4v) is 2.91. The quantitative estimate of drug-likeness (QED) is 0.647. The number of carboxylic acid groups (broad SMARTS) is 1. The second kappa shape index (κ2) is 6.16. The van der Waals surface area contributed by atoms with Gasteiger partial charge in [-0.05, 0) is 36.6 Å². The van der Waals surface area contributed by atoms with Crippen molar-refractivity contribution in [3.05, 3.63) is 65.2 Å². The van der Waals surface area contributed by atoms with E-state index in [4.69, 9.17) is 5.73 Å². The Kier molecular flexibility index (Phi) is 4.04. The highest BCUT2D eigenvalue weighted by atomic mass is 16.4. The van der Waals surface area contributed by atoms with Crippen molar-refractivity contribution in [3.63, 3.8) is 0 Å². The number of hydrogen-bond donors (Lipinski definition) is 2. The van der Waals surface area contributed by atoms with E-state index in [2.05, 4.69) is 0 Å². The van der Waals surface area contributed by atoms with Gasteiger partial charge in [-0.3, -0.25) is 14.5 Å². The summed E-state index contributed by atoms with van der Waals surface area (Å²) < 4.78 is 0. The van der Waals surface area contributed by atoms with E-state index in [-0.39, 0.29) is 17.5 Å². The molecule has 6 nitrogen and oxygen atoms in total. The Balaban J connectivity index is 1.85. The third kappa shape index (κ3) is 2.62. The number of carbonyl (C=O) groups is 3. The monoisotopic (exact) mass is 324 g/mol. The van der Waals surface area contributed by atoms with E-state index in [1.54, 1.807) is 30.3 Å². The van der Waals surface area contributed by atoms with Crippen LogP contribution in [0.4, 0.5) is 5.69 Å². The summed E-state index contributed by atoms with van der Waals surface area (Å²) in [7, 11) is 0. The average Bonchev–Trinajstić information content (AvgIpc) is 2.82. The van der Waals surface area contributed by atoms with Gasteiger partial charge in [-0.15, -0.1) is 0 Å². The maximum Gasteiger partial charge on any atom is 0.326 e. The molecular formula is C18H16N2O4. The summed E-state index contributed by atoms with van der Waals surface area (Å²) in [6.07, 6.45) is 0.464. The van der Waals surface area contributed by atoms with Gasteiger partial charge in [0.15, 0.2) is 0 Å². The van der Waals surface area contributed by atoms with Gasteiger partial charge < -0.3 is 10.8 Å². The van der Waals surface area contributed by atoms with Gasteiger partial charge >= 0.3 is 5.97 Å². The van der Waals surface area contributed by atoms with Crippen molar-refractivity contribution in [2.45, 2.75) is 18.9 Å². The molecule has 1 unspecified atom stereocenters. The second-order valence-electron chi connectivity index (χ2n) is 5.62. The highest BCUT2D eigenvalue weighted by Crippen LogP contribution is 2.26. The summed E-state index contributed by atoms with van der Waals surface area (Å²) >= 11 is 0. The Morgan fingerprint density at radius 1 is 1.00 bits per heavy atom. The summed E-state index contributed by atoms with van der Waals surface area (Å²) in [4.78, 5) is 37.4. The highest BCUT2D eigenvalue weighted by molar-refractivity contribution is 6.22. The number of aryl methyl sites for hydroxylation is 1. The minimum Gasteiger partial charge on any atom is -0.480 e. The Hall–Kier alpha value is -3.15. The molecule has 3 N–H and O–H groups in total. The predicted molar refractivity (Wildman–Crippen MR) is 87.5 cm³/mol. The number of carbonyl (C=O) groups excluding carboxylic acids is 2. The zero-order valence-corrected chi connectivity index (χ0v) is 12.8. The molecule has 1 aliphatic rings. The third-order valence-corrected chi connectivity index (χ3v) is 4.16. The van der Waals surface area contributed by atoms with E-state index in [1.165, 1.54) is 12.1 Å². The number of rotatable bonds is 5. The molecule has 122 valence electrons. The number of fused-ring (bicyclic) bond motifs is 1. The van der Waals surface area contributed by atoms with Crippen LogP contribution in [-0.4, -0.2) is 33.8 Å². The van der Waals surface area contributed by atoms with Gasteiger partial charge in [0.05, 0.1) is 11.1 Å². The van der Waals surface area contributed by atoms with Crippen LogP contribution in [0.15, 0.2) is 48.5 Å². The molecule has 2 aromatic rings. The zero-order valence-electron chi connectivity index (χ0n) is 12.8. The lowest BCUT2D eigenvalue weighted by atomic mass is 10.0. The van der Waals surface area contributed by atoms with Crippen molar-refractivity contribution in [1.29, 1.82) is 0 Å². The van der Waals surface area contributed by atoms with Crippen molar-refractivity contribution in [1.82, 2.24) is 4.90 Å². The van der Waals surface area contributed by atoms with Gasteiger partial charge in [0.25, 0.3) is 11.8 Å². The summed E-state index contributed by atoms with van der Waals surface area (Å²) in [6, 6.07) is 12.3. The average molecular weight is 324 g/mol. The maximum absolute atomic E-state index is 12.4. The van der Waals surface area contributed by atoms with E-state index in [1.807, 2.05) is 6.07 Å². The summed E-state index contributed by atoms with van der Waals surface area (Å²) in [5.74, 6) is -2.34. The van der Waals surface area contributed by atoms with Crippen molar-refractivity contribution >= 4 is 23.5 Å². The first-order valence-corrected chi connectivity index (χ1v) is 7.54. The van der Waals surface area contributed by atoms with Crippen LogP contribution in [-0.2, 0) is 11.2 Å². The number of hydrogen-bond acceptors (Lipinski definition) is 4. The van der Waals surface area contributed by atoms with Gasteiger partial charge in [-0.25, -0.2) is 4.79 Å². The summed E-state index contributed by atoms with van der Waals surface area (Å²) in [5, 5.41) is 9.52. The van der Waals surface area contributed by atoms with Crippen LogP contribution in [0.25, 0.3) is 0 Å². The minimum absolute atomic E-state index is 0.106. The largest absolute Gasteiger partial charge is 0.480 e. The molecule has 2 aromatic carbocycles. The van der Waals surface area contributed by atoms with Gasteiger partial charge in [0.1, 0.15) is 6.04 Å². The minimum atomic E-state index is -1.22. The number of nitrogens with two attached hydrogens (primary N) is 1. The first kappa shape index (κ1) is 15.7. The number of nitrogen functional groups attached to an aromatic ring is 1. The topological polar surface area (TPSA) is 101 Å². The first-order chi connectivity index (χ1) is 11.5. The van der Waals surface area contributed by atoms with Gasteiger partial charge in [-0.1, -0.05) is 30.3 Å². The molecule has 1 atom stereocenters. The van der Waals surface area contributed by atoms with E-state index in [9.17, 15) is 19.5 Å². The lowest BCUT2D eigenvalue weighted by Crippen LogP contribution is -2.45. The molecule has 0 spiro atoms. The molecule has 1 aliphatic heterocycles. The number of aliphatic carboxylic acids is 1. The zero-order chi connectivity index (χ0) is 17.3. The Labute approximate surface area is 138 Å². The van der Waals surface area contributed by atoms with Crippen LogP contribution in [0.3, 0.4) is 0 Å². The van der Waals surface area contributed by atoms with Crippen molar-refractivity contribution in [2.75, 3.05) is 5.73 Å². The number of benzene rings is 2. The molecule has 0 aromatic heterocycles. The van der Waals surface area contributed by atoms with Crippen molar-refractivity contribution < 1.29 is 19.5 Å². The molecule has 0 saturated carbocycles. The molecule has 0 fully saturated rings. The number of carboxylic acids is 1. The summed E-state index contributed by atoms with van der Waals surface area (Å²) in [6.45, 7) is 0. The molecule has 24 heavy (non-hydrogen) atoms. The Morgan fingerprint density at radius 2 is 1.54 bits per heavy atom. The molecule has 0 aliphatic carbocycles. The normalized spacial score (nSPS) is 14.6. The highest BCUT2D eigenvalue weighted by Gasteiger charge is 2.42. The molecule has 0 radical (unpaired) electrons. The standard InChI is InChI=1S/C18H16N2O4/c19-14-8-4-1-5-11(14)9-10-15(18(23)24)20-16(21)12-6-2-3-7-13(12)17(20)22/h1-8,15H,9-10,19H2,(H,23,24). The Morgan fingerprint density at radius 3 is 2.08 bits per heavy atom. The number of anilines is 1. The predicted octanol–water partition coefficient (Wildman–Crippen LogP) is 1.95. The van der Waals surface area contributed by atoms with Crippen LogP contribution in [0, 0.1) is 0 Å².